The molecule has 2 fully saturated rings. The van der Waals surface area contributed by atoms with Crippen LogP contribution in [0.15, 0.2) is 48.6 Å². The monoisotopic (exact) mass is 548 g/mol. The maximum atomic E-state index is 13.7. The molecule has 1 saturated heterocycles. The molecule has 0 bridgehead atoms. The zero-order chi connectivity index (χ0) is 27.1. The highest BCUT2D eigenvalue weighted by Gasteiger charge is 2.35. The fourth-order valence-corrected chi connectivity index (χ4v) is 5.43. The van der Waals surface area contributed by atoms with Crippen LogP contribution < -0.4 is 21.6 Å². The Labute approximate surface area is 231 Å². The predicted octanol–water partition coefficient (Wildman–Crippen LogP) is 5.00. The average molecular weight is 549 g/mol. The molecule has 4 N–H and O–H groups in total. The number of anilines is 2. The van der Waals surface area contributed by atoms with Crippen molar-refractivity contribution < 1.29 is 9.13 Å². The van der Waals surface area contributed by atoms with Crippen LogP contribution in [-0.2, 0) is 4.74 Å². The summed E-state index contributed by atoms with van der Waals surface area (Å²) in [5, 5.41) is 20.4. The van der Waals surface area contributed by atoms with Crippen LogP contribution in [0, 0.1) is 22.7 Å². The van der Waals surface area contributed by atoms with E-state index >= 15 is 0 Å². The maximum absolute atomic E-state index is 13.7. The van der Waals surface area contributed by atoms with E-state index in [1.165, 1.54) is 12.3 Å². The van der Waals surface area contributed by atoms with Crippen molar-refractivity contribution >= 4 is 33.9 Å². The van der Waals surface area contributed by atoms with Gasteiger partial charge >= 0.3 is 0 Å². The number of halogens is 2. The number of rotatable bonds is 7. The molecule has 2 atom stereocenters. The Hall–Kier alpha value is -3.65. The molecule has 3 aromatic rings. The first-order chi connectivity index (χ1) is 18.8. The van der Waals surface area contributed by atoms with Gasteiger partial charge in [-0.2, -0.15) is 9.65 Å². The second-order valence-electron chi connectivity index (χ2n) is 11.0. The molecule has 2 unspecified atom stereocenters. The topological polar surface area (TPSA) is 110 Å². The van der Waals surface area contributed by atoms with Crippen molar-refractivity contribution in [1.82, 2.24) is 25.9 Å². The lowest BCUT2D eigenvalue weighted by atomic mass is 9.81. The van der Waals surface area contributed by atoms with Crippen molar-refractivity contribution in [3.63, 3.8) is 0 Å². The number of nitrogens with zero attached hydrogens (tertiary/aromatic N) is 4. The van der Waals surface area contributed by atoms with Gasteiger partial charge in [-0.1, -0.05) is 31.5 Å². The van der Waals surface area contributed by atoms with Crippen LogP contribution in [-0.4, -0.2) is 40.3 Å². The summed E-state index contributed by atoms with van der Waals surface area (Å²) in [5.74, 6) is -0.542. The number of benzene rings is 1. The van der Waals surface area contributed by atoms with E-state index in [0.717, 1.165) is 41.6 Å². The third-order valence-corrected chi connectivity index (χ3v) is 7.87. The van der Waals surface area contributed by atoms with Gasteiger partial charge in [-0.25, -0.2) is 4.98 Å². The van der Waals surface area contributed by atoms with Gasteiger partial charge in [0.1, 0.15) is 6.07 Å². The van der Waals surface area contributed by atoms with Gasteiger partial charge in [-0.3, -0.25) is 9.99 Å². The van der Waals surface area contributed by atoms with Crippen molar-refractivity contribution in [2.45, 2.75) is 51.2 Å². The van der Waals surface area contributed by atoms with Crippen LogP contribution in [0.3, 0.4) is 0 Å². The van der Waals surface area contributed by atoms with Gasteiger partial charge in [0, 0.05) is 53.8 Å². The molecule has 0 radical (unpaired) electrons. The summed E-state index contributed by atoms with van der Waals surface area (Å²) in [6, 6.07) is 9.29. The second kappa shape index (κ2) is 10.2. The fraction of sp³-hybridized carbons (Fsp3) is 0.393. The lowest BCUT2D eigenvalue weighted by molar-refractivity contribution is 0.00350. The first-order valence-electron chi connectivity index (χ1n) is 13.1. The molecular formula is C28H30ClFN8O. The Bertz CT molecular complexity index is 1470. The van der Waals surface area contributed by atoms with E-state index in [2.05, 4.69) is 56.5 Å². The molecule has 2 aromatic heterocycles. The van der Waals surface area contributed by atoms with Crippen molar-refractivity contribution in [1.29, 1.82) is 5.26 Å². The molecule has 0 spiro atoms. The van der Waals surface area contributed by atoms with Crippen LogP contribution >= 0.6 is 11.6 Å². The number of hydrazine groups is 2. The molecule has 1 saturated carbocycles. The van der Waals surface area contributed by atoms with Gasteiger partial charge in [0.15, 0.2) is 0 Å². The first-order valence-corrected chi connectivity index (χ1v) is 13.5. The van der Waals surface area contributed by atoms with E-state index in [-0.39, 0.29) is 17.5 Å². The van der Waals surface area contributed by atoms with Gasteiger partial charge in [0.25, 0.3) is 0 Å². The van der Waals surface area contributed by atoms with Gasteiger partial charge in [-0.15, -0.1) is 5.53 Å². The van der Waals surface area contributed by atoms with Crippen molar-refractivity contribution in [3.8, 4) is 6.07 Å². The molecule has 202 valence electrons. The van der Waals surface area contributed by atoms with Crippen LogP contribution in [0.25, 0.3) is 10.9 Å². The molecule has 9 nitrogen and oxygen atoms in total. The highest BCUT2D eigenvalue weighted by atomic mass is 35.5. The molecular weight excluding hydrogens is 519 g/mol. The standard InChI is InChI=1S/C28H30ClFN8O/c1-28(2)15-39-8-7-23(28)35-25-17(11-31)13-33-27-20(25)9-18(10-21(27)29)34-26(16-3-6-24(30)32-12-16)22-14-38(37-36-22)19-4-5-19/h3,6,9-10,12-14,19,23,26,34,36-37H,4-5,7-8,15H2,1-2H3,(H,33,35). The number of ether oxygens (including phenoxy) is 1. The molecule has 11 heteroatoms. The van der Waals surface area contributed by atoms with Crippen molar-refractivity contribution in [3.05, 3.63) is 70.7 Å². The van der Waals surface area contributed by atoms with Crippen molar-refractivity contribution in [2.75, 3.05) is 23.8 Å². The van der Waals surface area contributed by atoms with Crippen LogP contribution in [0.5, 0.6) is 0 Å². The zero-order valence-electron chi connectivity index (χ0n) is 21.8. The molecule has 4 heterocycles. The summed E-state index contributed by atoms with van der Waals surface area (Å²) < 4.78 is 19.4. The SMILES string of the molecule is CC1(C)COCCC1Nc1c(C#N)cnc2c(Cl)cc(NC(C3=CN(C4CC4)NN3)c3ccc(F)nc3)cc12. The normalized spacial score (nSPS) is 21.2. The Kier molecular flexibility index (Phi) is 6.67. The Morgan fingerprint density at radius 2 is 2.08 bits per heavy atom. The summed E-state index contributed by atoms with van der Waals surface area (Å²) >= 11 is 6.77. The Morgan fingerprint density at radius 3 is 2.79 bits per heavy atom. The van der Waals surface area contributed by atoms with Crippen molar-refractivity contribution in [2.24, 2.45) is 5.41 Å². The molecule has 0 amide bonds. The van der Waals surface area contributed by atoms with Crippen LogP contribution in [0.2, 0.25) is 5.02 Å². The summed E-state index contributed by atoms with van der Waals surface area (Å²) in [6.07, 6.45) is 8.18. The summed E-state index contributed by atoms with van der Waals surface area (Å²) in [5.41, 5.74) is 10.4. The number of nitriles is 1. The van der Waals surface area contributed by atoms with E-state index in [1.54, 1.807) is 12.3 Å². The third-order valence-electron chi connectivity index (χ3n) is 7.59. The van der Waals surface area contributed by atoms with Gasteiger partial charge < -0.3 is 20.8 Å². The van der Waals surface area contributed by atoms with E-state index in [4.69, 9.17) is 16.3 Å². The average Bonchev–Trinajstić information content (AvgIpc) is 3.66. The largest absolute Gasteiger partial charge is 0.381 e. The smallest absolute Gasteiger partial charge is 0.212 e. The highest BCUT2D eigenvalue weighted by molar-refractivity contribution is 6.35. The van der Waals surface area contributed by atoms with E-state index in [9.17, 15) is 9.65 Å². The van der Waals surface area contributed by atoms with E-state index in [1.807, 2.05) is 18.3 Å². The number of aromatic nitrogens is 2. The molecule has 3 aliphatic rings. The second-order valence-corrected chi connectivity index (χ2v) is 11.4. The first kappa shape index (κ1) is 25.6. The predicted molar refractivity (Wildman–Crippen MR) is 148 cm³/mol. The number of nitrogens with one attached hydrogen (secondary N) is 4. The summed E-state index contributed by atoms with van der Waals surface area (Å²) in [7, 11) is 0. The van der Waals surface area contributed by atoms with Crippen LogP contribution in [0.1, 0.15) is 50.3 Å². The molecule has 1 aromatic carbocycles. The van der Waals surface area contributed by atoms with E-state index in [0.29, 0.717) is 41.0 Å². The number of hydrogen-bond acceptors (Lipinski definition) is 9. The third kappa shape index (κ3) is 5.17. The lowest BCUT2D eigenvalue weighted by Crippen LogP contribution is -2.44. The van der Waals surface area contributed by atoms with E-state index < -0.39 is 5.95 Å². The van der Waals surface area contributed by atoms with Gasteiger partial charge in [-0.05, 0) is 43.0 Å². The quantitative estimate of drug-likeness (QED) is 0.303. The molecule has 6 rings (SSSR count). The minimum Gasteiger partial charge on any atom is -0.381 e. The Balaban J connectivity index is 1.40. The zero-order valence-corrected chi connectivity index (χ0v) is 22.5. The summed E-state index contributed by atoms with van der Waals surface area (Å²) in [6.45, 7) is 5.59. The number of hydrogen-bond donors (Lipinski definition) is 4. The maximum Gasteiger partial charge on any atom is 0.212 e. The van der Waals surface area contributed by atoms with Crippen LogP contribution in [0.4, 0.5) is 15.8 Å². The molecule has 39 heavy (non-hydrogen) atoms. The molecule has 1 aliphatic carbocycles. The Morgan fingerprint density at radius 1 is 1.23 bits per heavy atom. The molecule has 2 aliphatic heterocycles. The highest BCUT2D eigenvalue weighted by Crippen LogP contribution is 2.38. The summed E-state index contributed by atoms with van der Waals surface area (Å²) in [4.78, 5) is 8.38. The minimum absolute atomic E-state index is 0.102. The minimum atomic E-state index is -0.542. The number of pyridine rings is 2. The number of fused-ring (bicyclic) bond motifs is 1. The van der Waals surface area contributed by atoms with Gasteiger partial charge in [0.05, 0.1) is 40.1 Å². The van der Waals surface area contributed by atoms with Gasteiger partial charge in [0.2, 0.25) is 5.95 Å². The fourth-order valence-electron chi connectivity index (χ4n) is 5.16. The lowest BCUT2D eigenvalue weighted by Gasteiger charge is -2.39.